The van der Waals surface area contributed by atoms with E-state index in [1.54, 1.807) is 6.92 Å². The quantitative estimate of drug-likeness (QED) is 0.118. The first-order chi connectivity index (χ1) is 16.4. The maximum absolute atomic E-state index is 11.7. The SMILES string of the molecule is CCOC(=O)NCCCCCC(=O)NCCOCCOCCO[C@H]1OC(CO)[C@@H](O)C(O)[C@H]1O. The normalized spacial score (nSPS) is 24.6. The van der Waals surface area contributed by atoms with Crippen LogP contribution in [0.25, 0.3) is 0 Å². The minimum Gasteiger partial charge on any atom is -0.450 e. The van der Waals surface area contributed by atoms with Crippen LogP contribution in [0.4, 0.5) is 4.79 Å². The summed E-state index contributed by atoms with van der Waals surface area (Å²) >= 11 is 0. The fourth-order valence-electron chi connectivity index (χ4n) is 3.06. The average Bonchev–Trinajstić information content (AvgIpc) is 2.82. The molecule has 2 amide bonds. The Morgan fingerprint density at radius 3 is 2.26 bits per heavy atom. The predicted octanol–water partition coefficient (Wildman–Crippen LogP) is -1.74. The second-order valence-corrected chi connectivity index (χ2v) is 7.60. The molecule has 34 heavy (non-hydrogen) atoms. The van der Waals surface area contributed by atoms with Gasteiger partial charge in [-0.1, -0.05) is 6.42 Å². The van der Waals surface area contributed by atoms with Crippen LogP contribution < -0.4 is 10.6 Å². The second-order valence-electron chi connectivity index (χ2n) is 7.60. The van der Waals surface area contributed by atoms with Crippen LogP contribution in [-0.4, -0.2) is 122 Å². The minimum atomic E-state index is -1.48. The number of aliphatic hydroxyl groups is 4. The molecule has 0 radical (unpaired) electrons. The Kier molecular flexibility index (Phi) is 16.8. The molecule has 1 aliphatic heterocycles. The highest BCUT2D eigenvalue weighted by Gasteiger charge is 2.43. The molecule has 1 heterocycles. The summed E-state index contributed by atoms with van der Waals surface area (Å²) in [6.45, 7) is 3.70. The molecule has 5 atom stereocenters. The van der Waals surface area contributed by atoms with Gasteiger partial charge in [0.15, 0.2) is 6.29 Å². The van der Waals surface area contributed by atoms with Gasteiger partial charge in [-0.2, -0.15) is 0 Å². The maximum atomic E-state index is 11.7. The van der Waals surface area contributed by atoms with Crippen LogP contribution in [0.5, 0.6) is 0 Å². The number of alkyl carbamates (subject to hydrolysis) is 1. The summed E-state index contributed by atoms with van der Waals surface area (Å²) in [6, 6.07) is 0. The molecule has 0 spiro atoms. The second kappa shape index (κ2) is 18.7. The van der Waals surface area contributed by atoms with Gasteiger partial charge in [0, 0.05) is 19.5 Å². The van der Waals surface area contributed by atoms with Gasteiger partial charge < -0.3 is 54.7 Å². The number of nitrogens with one attached hydrogen (secondary N) is 2. The first-order valence-electron chi connectivity index (χ1n) is 11.7. The molecular weight excluding hydrogens is 456 g/mol. The number of unbranched alkanes of at least 4 members (excludes halogenated alkanes) is 2. The molecule has 1 fully saturated rings. The molecule has 13 nitrogen and oxygen atoms in total. The Balaban J connectivity index is 1.90. The van der Waals surface area contributed by atoms with Crippen molar-refractivity contribution in [2.24, 2.45) is 0 Å². The lowest BCUT2D eigenvalue weighted by atomic mass is 9.99. The third kappa shape index (κ3) is 12.8. The van der Waals surface area contributed by atoms with E-state index in [2.05, 4.69) is 10.6 Å². The molecule has 1 rings (SSSR count). The van der Waals surface area contributed by atoms with E-state index in [4.69, 9.17) is 28.8 Å². The highest BCUT2D eigenvalue weighted by atomic mass is 16.7. The van der Waals surface area contributed by atoms with E-state index >= 15 is 0 Å². The van der Waals surface area contributed by atoms with Crippen molar-refractivity contribution >= 4 is 12.0 Å². The summed E-state index contributed by atoms with van der Waals surface area (Å²) in [4.78, 5) is 22.8. The first-order valence-corrected chi connectivity index (χ1v) is 11.7. The lowest BCUT2D eigenvalue weighted by Crippen LogP contribution is -2.59. The number of carbonyl (C=O) groups excluding carboxylic acids is 2. The van der Waals surface area contributed by atoms with Crippen LogP contribution >= 0.6 is 0 Å². The fraction of sp³-hybridized carbons (Fsp3) is 0.905. The van der Waals surface area contributed by atoms with E-state index in [1.807, 2.05) is 0 Å². The zero-order valence-corrected chi connectivity index (χ0v) is 19.7. The van der Waals surface area contributed by atoms with E-state index in [0.29, 0.717) is 45.9 Å². The standard InChI is InChI=1S/C21H40N2O11/c1-2-32-21(29)23-7-5-3-4-6-16(25)22-8-9-30-10-11-31-12-13-33-20-19(28)18(27)17(26)15(14-24)34-20/h15,17-20,24,26-28H,2-14H2,1H3,(H,22,25)(H,23,29)/t15?,17-,18?,19-,20+/m1/s1. The Morgan fingerprint density at radius 2 is 1.56 bits per heavy atom. The molecule has 1 aliphatic rings. The molecule has 0 aromatic heterocycles. The molecule has 0 aromatic carbocycles. The number of amides is 2. The van der Waals surface area contributed by atoms with Crippen molar-refractivity contribution in [2.45, 2.75) is 63.3 Å². The van der Waals surface area contributed by atoms with Crippen molar-refractivity contribution in [3.63, 3.8) is 0 Å². The van der Waals surface area contributed by atoms with Gasteiger partial charge in [0.2, 0.25) is 5.91 Å². The van der Waals surface area contributed by atoms with Crippen LogP contribution in [0.15, 0.2) is 0 Å². The highest BCUT2D eigenvalue weighted by molar-refractivity contribution is 5.75. The lowest BCUT2D eigenvalue weighted by Gasteiger charge is -2.39. The molecule has 0 aromatic rings. The van der Waals surface area contributed by atoms with E-state index in [-0.39, 0.29) is 19.1 Å². The van der Waals surface area contributed by atoms with Gasteiger partial charge in [0.05, 0.1) is 46.2 Å². The van der Waals surface area contributed by atoms with E-state index in [1.165, 1.54) is 0 Å². The molecule has 200 valence electrons. The van der Waals surface area contributed by atoms with Crippen LogP contribution in [0.2, 0.25) is 0 Å². The Hall–Kier alpha value is -1.58. The molecule has 0 aliphatic carbocycles. The summed E-state index contributed by atoms with van der Waals surface area (Å²) in [5.74, 6) is -0.0523. The zero-order chi connectivity index (χ0) is 25.2. The predicted molar refractivity (Wildman–Crippen MR) is 118 cm³/mol. The highest BCUT2D eigenvalue weighted by Crippen LogP contribution is 2.21. The number of aliphatic hydroxyl groups excluding tert-OH is 4. The third-order valence-electron chi connectivity index (χ3n) is 4.92. The van der Waals surface area contributed by atoms with E-state index in [9.17, 15) is 24.9 Å². The molecular formula is C21H40N2O11. The molecule has 1 saturated heterocycles. The van der Waals surface area contributed by atoms with E-state index < -0.39 is 43.4 Å². The van der Waals surface area contributed by atoms with Crippen LogP contribution in [0.3, 0.4) is 0 Å². The van der Waals surface area contributed by atoms with Crippen molar-refractivity contribution < 1.29 is 53.7 Å². The largest absolute Gasteiger partial charge is 0.450 e. The molecule has 13 heteroatoms. The molecule has 0 saturated carbocycles. The van der Waals surface area contributed by atoms with Gasteiger partial charge in [-0.3, -0.25) is 4.79 Å². The van der Waals surface area contributed by atoms with Gasteiger partial charge in [-0.25, -0.2) is 4.79 Å². The number of rotatable bonds is 18. The number of ether oxygens (including phenoxy) is 5. The summed E-state index contributed by atoms with van der Waals surface area (Å²) in [5, 5.41) is 43.8. The van der Waals surface area contributed by atoms with Gasteiger partial charge in [0.25, 0.3) is 0 Å². The van der Waals surface area contributed by atoms with Gasteiger partial charge in [0.1, 0.15) is 24.4 Å². The number of carbonyl (C=O) groups is 2. The molecule has 6 N–H and O–H groups in total. The summed E-state index contributed by atoms with van der Waals surface area (Å²) in [6.07, 6.45) is -4.21. The summed E-state index contributed by atoms with van der Waals surface area (Å²) in [5.41, 5.74) is 0. The molecule has 2 unspecified atom stereocenters. The maximum Gasteiger partial charge on any atom is 0.407 e. The van der Waals surface area contributed by atoms with E-state index in [0.717, 1.165) is 19.3 Å². The van der Waals surface area contributed by atoms with Crippen LogP contribution in [0, 0.1) is 0 Å². The van der Waals surface area contributed by atoms with Gasteiger partial charge in [-0.05, 0) is 19.8 Å². The van der Waals surface area contributed by atoms with Gasteiger partial charge in [-0.15, -0.1) is 0 Å². The van der Waals surface area contributed by atoms with Crippen molar-refractivity contribution in [1.82, 2.24) is 10.6 Å². The van der Waals surface area contributed by atoms with Crippen molar-refractivity contribution in [3.05, 3.63) is 0 Å². The van der Waals surface area contributed by atoms with Crippen molar-refractivity contribution in [3.8, 4) is 0 Å². The Bertz CT molecular complexity index is 553. The minimum absolute atomic E-state index is 0.0523. The van der Waals surface area contributed by atoms with Crippen LogP contribution in [0.1, 0.15) is 32.6 Å². The smallest absolute Gasteiger partial charge is 0.407 e. The number of hydrogen-bond donors (Lipinski definition) is 6. The van der Waals surface area contributed by atoms with Crippen molar-refractivity contribution in [2.75, 3.05) is 59.3 Å². The monoisotopic (exact) mass is 496 g/mol. The van der Waals surface area contributed by atoms with Crippen LogP contribution in [-0.2, 0) is 28.5 Å². The average molecular weight is 497 g/mol. The fourth-order valence-corrected chi connectivity index (χ4v) is 3.06. The Morgan fingerprint density at radius 1 is 0.853 bits per heavy atom. The lowest BCUT2D eigenvalue weighted by molar-refractivity contribution is -0.302. The summed E-state index contributed by atoms with van der Waals surface area (Å²) < 4.78 is 26.0. The molecule has 0 bridgehead atoms. The first kappa shape index (κ1) is 30.5. The van der Waals surface area contributed by atoms with Gasteiger partial charge >= 0.3 is 6.09 Å². The topological polar surface area (TPSA) is 185 Å². The summed E-state index contributed by atoms with van der Waals surface area (Å²) in [7, 11) is 0. The Labute approximate surface area is 199 Å². The third-order valence-corrected chi connectivity index (χ3v) is 4.92. The number of hydrogen-bond acceptors (Lipinski definition) is 11. The van der Waals surface area contributed by atoms with Crippen molar-refractivity contribution in [1.29, 1.82) is 0 Å². The zero-order valence-electron chi connectivity index (χ0n) is 19.7.